The average molecular weight is 276 g/mol. The summed E-state index contributed by atoms with van der Waals surface area (Å²) < 4.78 is 12.4. The Morgan fingerprint density at radius 1 is 1.60 bits per heavy atom. The van der Waals surface area contributed by atoms with Crippen molar-refractivity contribution in [1.29, 1.82) is 0 Å². The van der Waals surface area contributed by atoms with Crippen molar-refractivity contribution in [3.8, 4) is 0 Å². The van der Waals surface area contributed by atoms with E-state index < -0.39 is 0 Å². The van der Waals surface area contributed by atoms with Gasteiger partial charge < -0.3 is 19.1 Å². The van der Waals surface area contributed by atoms with E-state index in [1.807, 2.05) is 19.3 Å². The number of nitrogens with one attached hydrogen (secondary N) is 1. The minimum absolute atomic E-state index is 0.0974. The highest BCUT2D eigenvalue weighted by Gasteiger charge is 2.23. The van der Waals surface area contributed by atoms with Crippen LogP contribution in [0.25, 0.3) is 0 Å². The Hall–Kier alpha value is -2.15. The van der Waals surface area contributed by atoms with Crippen LogP contribution in [0.4, 0.5) is 0 Å². The topological polar surface area (TPSA) is 82.2 Å². The number of carbonyl (C=O) groups excluding carboxylic acids is 1. The predicted octanol–water partition coefficient (Wildman–Crippen LogP) is 1.19. The summed E-state index contributed by atoms with van der Waals surface area (Å²) in [6.45, 7) is 0.965. The molecule has 0 bridgehead atoms. The first-order chi connectivity index (χ1) is 9.74. The summed E-state index contributed by atoms with van der Waals surface area (Å²) in [4.78, 5) is 16.2. The van der Waals surface area contributed by atoms with Gasteiger partial charge in [-0.1, -0.05) is 5.16 Å². The molecule has 1 unspecified atom stereocenters. The molecule has 2 aromatic rings. The second-order valence-corrected chi connectivity index (χ2v) is 4.74. The lowest BCUT2D eigenvalue weighted by molar-refractivity contribution is 0.0835. The second kappa shape index (κ2) is 5.46. The van der Waals surface area contributed by atoms with E-state index in [1.54, 1.807) is 10.6 Å². The minimum Gasteiger partial charge on any atom is -0.368 e. The highest BCUT2D eigenvalue weighted by Crippen LogP contribution is 2.26. The zero-order valence-electron chi connectivity index (χ0n) is 11.2. The summed E-state index contributed by atoms with van der Waals surface area (Å²) in [5, 5.41) is 6.61. The molecule has 1 fully saturated rings. The Bertz CT molecular complexity index is 598. The minimum atomic E-state index is -0.166. The Morgan fingerprint density at radius 2 is 2.50 bits per heavy atom. The summed E-state index contributed by atoms with van der Waals surface area (Å²) in [5.41, 5.74) is 0.591. The van der Waals surface area contributed by atoms with E-state index in [2.05, 4.69) is 15.5 Å². The molecule has 2 aromatic heterocycles. The van der Waals surface area contributed by atoms with Crippen LogP contribution in [0.1, 0.15) is 41.1 Å². The molecule has 1 atom stereocenters. The molecule has 7 nitrogen and oxygen atoms in total. The number of carbonyl (C=O) groups is 1. The first-order valence-electron chi connectivity index (χ1n) is 6.57. The summed E-state index contributed by atoms with van der Waals surface area (Å²) in [6.07, 6.45) is 3.63. The van der Waals surface area contributed by atoms with Crippen LogP contribution in [0, 0.1) is 0 Å². The molecule has 0 radical (unpaired) electrons. The van der Waals surface area contributed by atoms with Crippen LogP contribution in [0.15, 0.2) is 22.9 Å². The molecular weight excluding hydrogens is 260 g/mol. The standard InChI is InChI=1S/C13H16N4O3/c1-17-6-2-4-9(17)12(18)14-8-11-15-13(20-16-11)10-5-3-7-19-10/h2,4,6,10H,3,5,7-8H2,1H3,(H,14,18). The van der Waals surface area contributed by atoms with E-state index in [1.165, 1.54) is 0 Å². The molecule has 1 aliphatic rings. The quantitative estimate of drug-likeness (QED) is 0.907. The molecule has 20 heavy (non-hydrogen) atoms. The van der Waals surface area contributed by atoms with E-state index in [9.17, 15) is 4.79 Å². The number of nitrogens with zero attached hydrogens (tertiary/aromatic N) is 3. The summed E-state index contributed by atoms with van der Waals surface area (Å²) in [5.74, 6) is 0.782. The summed E-state index contributed by atoms with van der Waals surface area (Å²) in [7, 11) is 1.82. The van der Waals surface area contributed by atoms with E-state index in [4.69, 9.17) is 9.26 Å². The SMILES string of the molecule is Cn1cccc1C(=O)NCc1noc(C2CCCO2)n1. The lowest BCUT2D eigenvalue weighted by Gasteiger charge is -2.03. The van der Waals surface area contributed by atoms with E-state index in [0.717, 1.165) is 19.4 Å². The highest BCUT2D eigenvalue weighted by atomic mass is 16.5. The fourth-order valence-electron chi connectivity index (χ4n) is 2.19. The van der Waals surface area contributed by atoms with Gasteiger partial charge in [0.2, 0.25) is 0 Å². The maximum atomic E-state index is 11.9. The molecule has 1 amide bonds. The smallest absolute Gasteiger partial charge is 0.268 e. The highest BCUT2D eigenvalue weighted by molar-refractivity contribution is 5.92. The summed E-state index contributed by atoms with van der Waals surface area (Å²) in [6, 6.07) is 3.57. The number of amides is 1. The van der Waals surface area contributed by atoms with E-state index >= 15 is 0 Å². The van der Waals surface area contributed by atoms with Crippen LogP contribution >= 0.6 is 0 Å². The number of aryl methyl sites for hydroxylation is 1. The molecule has 1 aliphatic heterocycles. The molecule has 1 saturated heterocycles. The largest absolute Gasteiger partial charge is 0.368 e. The average Bonchev–Trinajstić information content (AvgIpc) is 3.16. The molecule has 3 rings (SSSR count). The van der Waals surface area contributed by atoms with Crippen molar-refractivity contribution >= 4 is 5.91 Å². The van der Waals surface area contributed by atoms with Crippen molar-refractivity contribution < 1.29 is 14.1 Å². The van der Waals surface area contributed by atoms with Crippen molar-refractivity contribution in [2.24, 2.45) is 7.05 Å². The lowest BCUT2D eigenvalue weighted by Crippen LogP contribution is -2.25. The molecule has 0 spiro atoms. The third-order valence-electron chi connectivity index (χ3n) is 3.27. The summed E-state index contributed by atoms with van der Waals surface area (Å²) >= 11 is 0. The van der Waals surface area contributed by atoms with Gasteiger partial charge in [0.1, 0.15) is 11.8 Å². The Balaban J connectivity index is 1.58. The van der Waals surface area contributed by atoms with E-state index in [-0.39, 0.29) is 18.6 Å². The number of hydrogen-bond donors (Lipinski definition) is 1. The molecule has 106 valence electrons. The first kappa shape index (κ1) is 12.9. The fraction of sp³-hybridized carbons (Fsp3) is 0.462. The zero-order chi connectivity index (χ0) is 13.9. The number of ether oxygens (including phenoxy) is 1. The molecule has 0 saturated carbocycles. The fourth-order valence-corrected chi connectivity index (χ4v) is 2.19. The van der Waals surface area contributed by atoms with Crippen LogP contribution in [-0.4, -0.2) is 27.2 Å². The normalized spacial score (nSPS) is 18.4. The van der Waals surface area contributed by atoms with Crippen LogP contribution < -0.4 is 5.32 Å². The Labute approximate surface area is 115 Å². The van der Waals surface area contributed by atoms with Crippen LogP contribution in [0.5, 0.6) is 0 Å². The third-order valence-corrected chi connectivity index (χ3v) is 3.27. The Kier molecular flexibility index (Phi) is 3.51. The van der Waals surface area contributed by atoms with Crippen molar-refractivity contribution in [2.75, 3.05) is 6.61 Å². The molecule has 3 heterocycles. The van der Waals surface area contributed by atoms with Crippen molar-refractivity contribution in [1.82, 2.24) is 20.0 Å². The second-order valence-electron chi connectivity index (χ2n) is 4.74. The molecule has 1 N–H and O–H groups in total. The monoisotopic (exact) mass is 276 g/mol. The van der Waals surface area contributed by atoms with Gasteiger partial charge in [-0.3, -0.25) is 4.79 Å². The van der Waals surface area contributed by atoms with Gasteiger partial charge in [-0.2, -0.15) is 4.98 Å². The Morgan fingerprint density at radius 3 is 3.20 bits per heavy atom. The molecule has 7 heteroatoms. The van der Waals surface area contributed by atoms with Gasteiger partial charge in [-0.05, 0) is 25.0 Å². The number of hydrogen-bond acceptors (Lipinski definition) is 5. The van der Waals surface area contributed by atoms with Gasteiger partial charge in [-0.25, -0.2) is 0 Å². The van der Waals surface area contributed by atoms with Gasteiger partial charge in [0.05, 0.1) is 6.54 Å². The van der Waals surface area contributed by atoms with Crippen LogP contribution in [0.3, 0.4) is 0 Å². The lowest BCUT2D eigenvalue weighted by atomic mass is 10.2. The third kappa shape index (κ3) is 2.57. The van der Waals surface area contributed by atoms with Crippen LogP contribution in [-0.2, 0) is 18.3 Å². The number of rotatable bonds is 4. The zero-order valence-corrected chi connectivity index (χ0v) is 11.2. The van der Waals surface area contributed by atoms with Gasteiger partial charge in [0, 0.05) is 19.9 Å². The molecule has 0 aliphatic carbocycles. The van der Waals surface area contributed by atoms with Gasteiger partial charge in [-0.15, -0.1) is 0 Å². The van der Waals surface area contributed by atoms with E-state index in [0.29, 0.717) is 17.4 Å². The maximum Gasteiger partial charge on any atom is 0.268 e. The number of aromatic nitrogens is 3. The maximum absolute atomic E-state index is 11.9. The van der Waals surface area contributed by atoms with Crippen molar-refractivity contribution in [2.45, 2.75) is 25.5 Å². The predicted molar refractivity (Wildman–Crippen MR) is 68.8 cm³/mol. The van der Waals surface area contributed by atoms with Gasteiger partial charge in [0.25, 0.3) is 11.8 Å². The van der Waals surface area contributed by atoms with Gasteiger partial charge in [0.15, 0.2) is 5.82 Å². The molecule has 0 aromatic carbocycles. The van der Waals surface area contributed by atoms with Crippen molar-refractivity contribution in [3.63, 3.8) is 0 Å². The molecular formula is C13H16N4O3. The van der Waals surface area contributed by atoms with Gasteiger partial charge >= 0.3 is 0 Å². The first-order valence-corrected chi connectivity index (χ1v) is 6.57. The van der Waals surface area contributed by atoms with Crippen molar-refractivity contribution in [3.05, 3.63) is 35.7 Å². The van der Waals surface area contributed by atoms with Crippen LogP contribution in [0.2, 0.25) is 0 Å².